The van der Waals surface area contributed by atoms with Gasteiger partial charge in [0.15, 0.2) is 0 Å². The maximum atomic E-state index is 5.61. The van der Waals surface area contributed by atoms with Gasteiger partial charge in [0.05, 0.1) is 26.4 Å². The first-order valence-electron chi connectivity index (χ1n) is 11.4. The molecule has 174 valence electrons. The van der Waals surface area contributed by atoms with Crippen molar-refractivity contribution in [1.82, 2.24) is 14.7 Å². The normalized spacial score (nSPS) is 20.4. The van der Waals surface area contributed by atoms with Crippen molar-refractivity contribution in [3.05, 3.63) is 68.6 Å². The quantitative estimate of drug-likeness (QED) is 0.466. The fraction of sp³-hybridized carbons (Fsp3) is 0.520. The lowest BCUT2D eigenvalue weighted by Gasteiger charge is -2.41. The molecule has 0 N–H and O–H groups in total. The molecule has 2 aliphatic heterocycles. The summed E-state index contributed by atoms with van der Waals surface area (Å²) in [5.41, 5.74) is 2.71. The van der Waals surface area contributed by atoms with Crippen molar-refractivity contribution < 1.29 is 9.47 Å². The molecule has 0 aliphatic carbocycles. The second-order valence-corrected chi connectivity index (χ2v) is 10.5. The van der Waals surface area contributed by atoms with Crippen LogP contribution in [0.25, 0.3) is 0 Å². The van der Waals surface area contributed by atoms with Crippen LogP contribution in [0, 0.1) is 0 Å². The lowest BCUT2D eigenvalue weighted by atomic mass is 9.98. The number of hydrogen-bond donors (Lipinski definition) is 0. The lowest BCUT2D eigenvalue weighted by Crippen LogP contribution is -2.46. The van der Waals surface area contributed by atoms with E-state index < -0.39 is 0 Å². The van der Waals surface area contributed by atoms with Crippen molar-refractivity contribution in [2.24, 2.45) is 0 Å². The van der Waals surface area contributed by atoms with E-state index in [1.165, 1.54) is 11.1 Å². The van der Waals surface area contributed by atoms with Crippen LogP contribution in [0.3, 0.4) is 0 Å². The minimum absolute atomic E-state index is 0.288. The Kier molecular flexibility index (Phi) is 9.17. The number of likely N-dealkylation sites (N-methyl/N-ethyl adjacent to an activating group) is 1. The fourth-order valence-electron chi connectivity index (χ4n) is 4.58. The smallest absolute Gasteiger partial charge is 0.0594 e. The van der Waals surface area contributed by atoms with E-state index in [9.17, 15) is 0 Å². The molecule has 32 heavy (non-hydrogen) atoms. The van der Waals surface area contributed by atoms with E-state index in [2.05, 4.69) is 102 Å². The van der Waals surface area contributed by atoms with Gasteiger partial charge < -0.3 is 9.47 Å². The van der Waals surface area contributed by atoms with Crippen LogP contribution in [0.1, 0.15) is 23.2 Å². The zero-order valence-electron chi connectivity index (χ0n) is 18.8. The summed E-state index contributed by atoms with van der Waals surface area (Å²) in [6.07, 6.45) is 0. The van der Waals surface area contributed by atoms with E-state index in [4.69, 9.17) is 9.47 Å². The van der Waals surface area contributed by atoms with Crippen molar-refractivity contribution in [1.29, 1.82) is 0 Å². The molecule has 2 heterocycles. The van der Waals surface area contributed by atoms with Gasteiger partial charge in [-0.15, -0.1) is 0 Å². The number of morpholine rings is 2. The molecule has 0 unspecified atom stereocenters. The third-order valence-corrected chi connectivity index (χ3v) is 7.62. The van der Waals surface area contributed by atoms with Crippen molar-refractivity contribution >= 4 is 31.9 Å². The molecule has 0 saturated carbocycles. The molecular weight excluding hydrogens is 534 g/mol. The summed E-state index contributed by atoms with van der Waals surface area (Å²) in [5.74, 6) is 0. The molecule has 0 amide bonds. The first-order valence-corrected chi connectivity index (χ1v) is 13.0. The molecule has 2 fully saturated rings. The van der Waals surface area contributed by atoms with E-state index in [0.29, 0.717) is 0 Å². The molecule has 0 aromatic heterocycles. The molecule has 0 radical (unpaired) electrons. The van der Waals surface area contributed by atoms with Gasteiger partial charge in [0, 0.05) is 60.3 Å². The van der Waals surface area contributed by atoms with Crippen LogP contribution in [0.2, 0.25) is 0 Å². The predicted molar refractivity (Wildman–Crippen MR) is 136 cm³/mol. The van der Waals surface area contributed by atoms with Crippen LogP contribution in [0.4, 0.5) is 0 Å². The highest BCUT2D eigenvalue weighted by Crippen LogP contribution is 2.32. The third kappa shape index (κ3) is 6.63. The van der Waals surface area contributed by atoms with E-state index in [1.54, 1.807) is 0 Å². The second kappa shape index (κ2) is 12.1. The zero-order chi connectivity index (χ0) is 22.3. The van der Waals surface area contributed by atoms with E-state index >= 15 is 0 Å². The van der Waals surface area contributed by atoms with E-state index in [-0.39, 0.29) is 12.1 Å². The Morgan fingerprint density at radius 2 is 1.03 bits per heavy atom. The van der Waals surface area contributed by atoms with E-state index in [1.807, 2.05) is 0 Å². The molecule has 5 nitrogen and oxygen atoms in total. The van der Waals surface area contributed by atoms with Crippen LogP contribution < -0.4 is 0 Å². The molecule has 0 spiro atoms. The van der Waals surface area contributed by atoms with Crippen molar-refractivity contribution in [2.75, 3.05) is 72.7 Å². The fourth-order valence-corrected chi connectivity index (χ4v) is 5.11. The molecule has 2 aromatic carbocycles. The summed E-state index contributed by atoms with van der Waals surface area (Å²) in [6.45, 7) is 9.25. The van der Waals surface area contributed by atoms with Crippen molar-refractivity contribution in [3.8, 4) is 0 Å². The highest BCUT2D eigenvalue weighted by atomic mass is 79.9. The van der Waals surface area contributed by atoms with Gasteiger partial charge in [-0.25, -0.2) is 0 Å². The monoisotopic (exact) mass is 565 g/mol. The molecule has 4 rings (SSSR count). The summed E-state index contributed by atoms with van der Waals surface area (Å²) >= 11 is 7.21. The van der Waals surface area contributed by atoms with Gasteiger partial charge in [-0.3, -0.25) is 14.7 Å². The second-order valence-electron chi connectivity index (χ2n) is 8.63. The van der Waals surface area contributed by atoms with Gasteiger partial charge in [0.1, 0.15) is 0 Å². The van der Waals surface area contributed by atoms with Crippen molar-refractivity contribution in [2.45, 2.75) is 12.1 Å². The van der Waals surface area contributed by atoms with Crippen LogP contribution >= 0.6 is 31.9 Å². The maximum absolute atomic E-state index is 5.61. The number of rotatable bonds is 8. The Morgan fingerprint density at radius 1 is 0.688 bits per heavy atom. The molecule has 2 aromatic rings. The minimum atomic E-state index is 0.288. The highest BCUT2D eigenvalue weighted by molar-refractivity contribution is 9.10. The van der Waals surface area contributed by atoms with Crippen molar-refractivity contribution in [3.63, 3.8) is 0 Å². The summed E-state index contributed by atoms with van der Waals surface area (Å²) < 4.78 is 13.4. The average molecular weight is 567 g/mol. The molecule has 2 atom stereocenters. The standard InChI is InChI=1S/C25H33Br2N3O2/c1-28(24(18-29-10-14-31-15-11-29)20-2-6-22(26)7-3-20)25(19-30-12-16-32-17-13-30)21-4-8-23(27)9-5-21/h2-9,24-25H,10-19H2,1H3/t24-,25-/m0/s1. The molecule has 2 aliphatic rings. The first kappa shape index (κ1) is 24.3. The number of hydrogen-bond acceptors (Lipinski definition) is 5. The van der Waals surface area contributed by atoms with Gasteiger partial charge >= 0.3 is 0 Å². The zero-order valence-corrected chi connectivity index (χ0v) is 21.9. The molecule has 0 bridgehead atoms. The van der Waals surface area contributed by atoms with Gasteiger partial charge in [0.2, 0.25) is 0 Å². The lowest BCUT2D eigenvalue weighted by molar-refractivity contribution is 0.00501. The summed E-state index contributed by atoms with van der Waals surface area (Å²) in [4.78, 5) is 7.66. The van der Waals surface area contributed by atoms with Crippen LogP contribution in [0.15, 0.2) is 57.5 Å². The Labute approximate surface area is 208 Å². The van der Waals surface area contributed by atoms with Gasteiger partial charge in [-0.1, -0.05) is 56.1 Å². The Morgan fingerprint density at radius 3 is 1.38 bits per heavy atom. The molecule has 7 heteroatoms. The average Bonchev–Trinajstić information content (AvgIpc) is 2.83. The third-order valence-electron chi connectivity index (χ3n) is 6.56. The number of nitrogens with zero attached hydrogens (tertiary/aromatic N) is 3. The molecular formula is C25H33Br2N3O2. The van der Waals surface area contributed by atoms with Crippen LogP contribution in [-0.2, 0) is 9.47 Å². The predicted octanol–water partition coefficient (Wildman–Crippen LogP) is 4.59. The topological polar surface area (TPSA) is 28.2 Å². The summed E-state index contributed by atoms with van der Waals surface area (Å²) in [5, 5.41) is 0. The largest absolute Gasteiger partial charge is 0.379 e. The minimum Gasteiger partial charge on any atom is -0.379 e. The van der Waals surface area contributed by atoms with Gasteiger partial charge in [0.25, 0.3) is 0 Å². The summed E-state index contributed by atoms with van der Waals surface area (Å²) in [6, 6.07) is 18.3. The number of ether oxygens (including phenoxy) is 2. The van der Waals surface area contributed by atoms with E-state index in [0.717, 1.165) is 74.6 Å². The number of benzene rings is 2. The van der Waals surface area contributed by atoms with Crippen LogP contribution in [0.5, 0.6) is 0 Å². The SMILES string of the molecule is CN([C@@H](CN1CCOCC1)c1ccc(Br)cc1)[C@@H](CN1CCOCC1)c1ccc(Br)cc1. The number of halogens is 2. The highest BCUT2D eigenvalue weighted by Gasteiger charge is 2.30. The summed E-state index contributed by atoms with van der Waals surface area (Å²) in [7, 11) is 2.29. The van der Waals surface area contributed by atoms with Gasteiger partial charge in [-0.05, 0) is 42.4 Å². The Hall–Kier alpha value is -0.800. The first-order chi connectivity index (χ1) is 15.6. The maximum Gasteiger partial charge on any atom is 0.0594 e. The molecule has 2 saturated heterocycles. The Bertz CT molecular complexity index is 753. The Balaban J connectivity index is 1.62. The van der Waals surface area contributed by atoms with Gasteiger partial charge in [-0.2, -0.15) is 0 Å². The van der Waals surface area contributed by atoms with Crippen LogP contribution in [-0.4, -0.2) is 87.4 Å².